The second-order valence-corrected chi connectivity index (χ2v) is 13.4. The van der Waals surface area contributed by atoms with Crippen LogP contribution in [0.1, 0.15) is 88.0 Å². The monoisotopic (exact) mass is 627 g/mol. The zero-order valence-corrected chi connectivity index (χ0v) is 28.8. The number of cyclic esters (lactones) is 1. The Labute approximate surface area is 263 Å². The number of ketones is 1. The fraction of sp³-hybridized carbons (Fsp3) is 0.848. The third-order valence-electron chi connectivity index (χ3n) is 9.41. The third-order valence-corrected chi connectivity index (χ3v) is 9.41. The van der Waals surface area contributed by atoms with Crippen molar-refractivity contribution >= 4 is 17.7 Å². The van der Waals surface area contributed by atoms with Gasteiger partial charge < -0.3 is 38.8 Å². The summed E-state index contributed by atoms with van der Waals surface area (Å²) in [7, 11) is 5.30. The molecule has 0 unspecified atom stereocenters. The van der Waals surface area contributed by atoms with Crippen LogP contribution in [0, 0.1) is 17.8 Å². The molecular formula is C33H57NO10. The fourth-order valence-electron chi connectivity index (χ4n) is 6.69. The molecule has 1 saturated heterocycles. The van der Waals surface area contributed by atoms with Gasteiger partial charge in [-0.3, -0.25) is 14.4 Å². The van der Waals surface area contributed by atoms with Crippen molar-refractivity contribution in [3.05, 3.63) is 11.6 Å². The number of aliphatic hydroxyl groups is 2. The number of allylic oxidation sites excluding steroid dienone is 1. The van der Waals surface area contributed by atoms with Gasteiger partial charge in [0.1, 0.15) is 11.7 Å². The number of hydrogen-bond acceptors (Lipinski definition) is 11. The summed E-state index contributed by atoms with van der Waals surface area (Å²) in [5.74, 6) is -3.66. The Kier molecular flexibility index (Phi) is 13.6. The molecule has 44 heavy (non-hydrogen) atoms. The second-order valence-electron chi connectivity index (χ2n) is 13.4. The van der Waals surface area contributed by atoms with Crippen LogP contribution in [-0.2, 0) is 38.1 Å². The largest absolute Gasteiger partial charge is 0.459 e. The van der Waals surface area contributed by atoms with Gasteiger partial charge in [0.15, 0.2) is 18.2 Å². The highest BCUT2D eigenvalue weighted by Crippen LogP contribution is 2.39. The van der Waals surface area contributed by atoms with Crippen LogP contribution in [0.25, 0.3) is 0 Å². The fourth-order valence-corrected chi connectivity index (χ4v) is 6.69. The highest BCUT2D eigenvalue weighted by molar-refractivity contribution is 5.97. The molecule has 0 aromatic heterocycles. The molecule has 2 heterocycles. The van der Waals surface area contributed by atoms with Gasteiger partial charge in [0.25, 0.3) is 0 Å². The highest BCUT2D eigenvalue weighted by atomic mass is 16.7. The number of carbonyl (C=O) groups excluding carboxylic acids is 3. The van der Waals surface area contributed by atoms with E-state index >= 15 is 0 Å². The van der Waals surface area contributed by atoms with Gasteiger partial charge in [-0.25, -0.2) is 0 Å². The zero-order chi connectivity index (χ0) is 33.7. The molecule has 11 heteroatoms. The van der Waals surface area contributed by atoms with Crippen LogP contribution in [0.3, 0.4) is 0 Å². The first-order valence-electron chi connectivity index (χ1n) is 15.9. The first-order valence-corrected chi connectivity index (χ1v) is 15.9. The molecule has 0 aromatic carbocycles. The van der Waals surface area contributed by atoms with Gasteiger partial charge in [0.2, 0.25) is 0 Å². The third kappa shape index (κ3) is 8.88. The van der Waals surface area contributed by atoms with Crippen LogP contribution in [0.4, 0.5) is 0 Å². The Balaban J connectivity index is 2.70. The molecule has 0 aromatic rings. The number of esters is 2. The maximum Gasteiger partial charge on any atom is 0.311 e. The van der Waals surface area contributed by atoms with Crippen molar-refractivity contribution in [2.45, 2.75) is 142 Å². The number of ether oxygens (including phenoxy) is 5. The number of aliphatic hydroxyl groups excluding tert-OH is 1. The summed E-state index contributed by atoms with van der Waals surface area (Å²) in [4.78, 5) is 41.4. The molecule has 11 nitrogen and oxygen atoms in total. The number of hydrogen-bond donors (Lipinski definition) is 2. The van der Waals surface area contributed by atoms with Crippen molar-refractivity contribution in [2.24, 2.45) is 17.8 Å². The average molecular weight is 628 g/mol. The summed E-state index contributed by atoms with van der Waals surface area (Å²) in [5, 5.41) is 23.0. The molecule has 1 fully saturated rings. The van der Waals surface area contributed by atoms with E-state index in [1.54, 1.807) is 34.6 Å². The highest BCUT2D eigenvalue weighted by Gasteiger charge is 2.50. The molecule has 2 rings (SSSR count). The van der Waals surface area contributed by atoms with E-state index in [1.807, 2.05) is 32.8 Å². The molecule has 0 aliphatic carbocycles. The van der Waals surface area contributed by atoms with Gasteiger partial charge in [-0.2, -0.15) is 0 Å². The van der Waals surface area contributed by atoms with Crippen LogP contribution in [0.15, 0.2) is 11.6 Å². The van der Waals surface area contributed by atoms with Gasteiger partial charge in [-0.15, -0.1) is 0 Å². The summed E-state index contributed by atoms with van der Waals surface area (Å²) < 4.78 is 30.6. The molecule has 0 amide bonds. The van der Waals surface area contributed by atoms with Gasteiger partial charge in [0.05, 0.1) is 35.9 Å². The predicted molar refractivity (Wildman–Crippen MR) is 165 cm³/mol. The van der Waals surface area contributed by atoms with E-state index in [1.165, 1.54) is 27.0 Å². The molecule has 0 radical (unpaired) electrons. The Hall–Kier alpha value is -1.89. The van der Waals surface area contributed by atoms with Crippen LogP contribution < -0.4 is 0 Å². The molecule has 0 spiro atoms. The van der Waals surface area contributed by atoms with E-state index in [0.717, 1.165) is 0 Å². The predicted octanol–water partition coefficient (Wildman–Crippen LogP) is 3.42. The van der Waals surface area contributed by atoms with Crippen molar-refractivity contribution in [1.82, 2.24) is 4.90 Å². The number of nitrogens with zero attached hydrogens (tertiary/aromatic N) is 1. The molecule has 2 N–H and O–H groups in total. The van der Waals surface area contributed by atoms with E-state index in [2.05, 4.69) is 0 Å². The standard InChI is InChI=1S/C33H57NO10/c1-13-23-17-32(8,39)25(14-2)43-30(38)21(6)27(37)20(5)29(33(9,40-12)16-18(3)26(23)36)44-31-28(42-22(7)35)24(34(10)11)15-19(4)41-31/h17-21,24-25,27-29,31,37,39H,13-16H2,1-12H3/t18-,19-,20+,21-,24+,25-,27+,28-,29-,31+,32+,33+/m1/s1. The van der Waals surface area contributed by atoms with E-state index in [4.69, 9.17) is 23.7 Å². The van der Waals surface area contributed by atoms with Crippen LogP contribution >= 0.6 is 0 Å². The van der Waals surface area contributed by atoms with Gasteiger partial charge in [0, 0.05) is 25.9 Å². The minimum atomic E-state index is -1.61. The van der Waals surface area contributed by atoms with Crippen molar-refractivity contribution in [1.29, 1.82) is 0 Å². The Morgan fingerprint density at radius 3 is 2.25 bits per heavy atom. The number of likely N-dealkylation sites (N-methyl/N-ethyl adjacent to an activating group) is 1. The van der Waals surface area contributed by atoms with Crippen molar-refractivity contribution < 1.29 is 48.3 Å². The second kappa shape index (κ2) is 15.6. The summed E-state index contributed by atoms with van der Waals surface area (Å²) in [6.07, 6.45) is -2.25. The maximum atomic E-state index is 13.8. The maximum absolute atomic E-state index is 13.8. The van der Waals surface area contributed by atoms with E-state index in [9.17, 15) is 24.6 Å². The molecule has 2 aliphatic heterocycles. The Morgan fingerprint density at radius 2 is 1.75 bits per heavy atom. The zero-order valence-electron chi connectivity index (χ0n) is 28.8. The molecule has 254 valence electrons. The topological polar surface area (TPSA) is 141 Å². The Bertz CT molecular complexity index is 1030. The summed E-state index contributed by atoms with van der Waals surface area (Å²) in [6.45, 7) is 15.3. The quantitative estimate of drug-likeness (QED) is 0.401. The summed E-state index contributed by atoms with van der Waals surface area (Å²) in [5.41, 5.74) is -2.36. The summed E-state index contributed by atoms with van der Waals surface area (Å²) >= 11 is 0. The molecule has 12 atom stereocenters. The minimum Gasteiger partial charge on any atom is -0.459 e. The number of rotatable bonds is 7. The lowest BCUT2D eigenvalue weighted by Gasteiger charge is -2.48. The molecule has 0 saturated carbocycles. The minimum absolute atomic E-state index is 0.178. The van der Waals surface area contributed by atoms with Gasteiger partial charge >= 0.3 is 11.9 Å². The van der Waals surface area contributed by atoms with Crippen molar-refractivity contribution in [2.75, 3.05) is 21.2 Å². The number of Topliss-reactive ketones (excluding diaryl/α,β-unsaturated/α-hetero) is 1. The van der Waals surface area contributed by atoms with Crippen molar-refractivity contribution in [3.8, 4) is 0 Å². The van der Waals surface area contributed by atoms with E-state index in [0.29, 0.717) is 24.8 Å². The lowest BCUT2D eigenvalue weighted by Crippen LogP contribution is -2.60. The average Bonchev–Trinajstić information content (AvgIpc) is 2.95. The Morgan fingerprint density at radius 1 is 1.14 bits per heavy atom. The van der Waals surface area contributed by atoms with E-state index < -0.39 is 71.6 Å². The number of carbonyl (C=O) groups is 3. The van der Waals surface area contributed by atoms with E-state index in [-0.39, 0.29) is 24.3 Å². The van der Waals surface area contributed by atoms with Crippen molar-refractivity contribution in [3.63, 3.8) is 0 Å². The van der Waals surface area contributed by atoms with Crippen LogP contribution in [0.2, 0.25) is 0 Å². The molecule has 0 bridgehead atoms. The first-order chi connectivity index (χ1) is 20.3. The lowest BCUT2D eigenvalue weighted by atomic mass is 9.76. The number of methoxy groups -OCH3 is 1. The SMILES string of the molecule is CCC1=C[C@](C)(O)[C@@H](CC)OC(=O)[C@H](C)[C@@H](O)[C@H](C)[C@@H](O[C@@H]2O[C@H](C)C[C@H](N(C)C)[C@H]2OC(C)=O)[C@@](C)(OC)C[C@@H](C)C1=O. The van der Waals surface area contributed by atoms with Crippen LogP contribution in [0.5, 0.6) is 0 Å². The first kappa shape index (κ1) is 38.3. The lowest BCUT2D eigenvalue weighted by molar-refractivity contribution is -0.303. The van der Waals surface area contributed by atoms with Crippen LogP contribution in [-0.4, -0.2) is 108 Å². The normalized spacial score (nSPS) is 41.5. The molecular weight excluding hydrogens is 570 g/mol. The summed E-state index contributed by atoms with van der Waals surface area (Å²) in [6, 6.07) is -0.217. The van der Waals surface area contributed by atoms with Gasteiger partial charge in [-0.1, -0.05) is 27.7 Å². The molecule has 2 aliphatic rings. The smallest absolute Gasteiger partial charge is 0.311 e. The van der Waals surface area contributed by atoms with Gasteiger partial charge in [-0.05, 0) is 79.1 Å².